The lowest BCUT2D eigenvalue weighted by molar-refractivity contribution is 0.101. The van der Waals surface area contributed by atoms with Gasteiger partial charge in [-0.1, -0.05) is 48.5 Å². The van der Waals surface area contributed by atoms with Crippen LogP contribution in [0.5, 0.6) is 0 Å². The van der Waals surface area contributed by atoms with Gasteiger partial charge in [-0.05, 0) is 61.0 Å². The van der Waals surface area contributed by atoms with Gasteiger partial charge in [-0.25, -0.2) is 4.98 Å². The van der Waals surface area contributed by atoms with Crippen molar-refractivity contribution in [3.63, 3.8) is 0 Å². The summed E-state index contributed by atoms with van der Waals surface area (Å²) in [4.78, 5) is 21.8. The van der Waals surface area contributed by atoms with Crippen LogP contribution in [0.4, 0.5) is 5.69 Å². The summed E-state index contributed by atoms with van der Waals surface area (Å²) in [5, 5.41) is 13.0. The van der Waals surface area contributed by atoms with Crippen molar-refractivity contribution in [1.82, 2.24) is 19.2 Å². The summed E-state index contributed by atoms with van der Waals surface area (Å²) in [5.41, 5.74) is 9.00. The number of likely N-dealkylation sites (N-methyl/N-ethyl adjacent to an activating group) is 1. The van der Waals surface area contributed by atoms with Crippen molar-refractivity contribution >= 4 is 17.1 Å². The standard InChI is InChI=1S/C35H34N6O/c1-25(42)27-6-8-28(9-7-27)33-21-31(30-5-3-4-26(20-30)22-36)23-41-24-34(38-35(33)41)29-10-12-32(13-11-29)37-14-15-40-18-16-39(2)17-19-40/h3-13,20-21,23-24,37H,14-19H2,1-2H3. The molecular weight excluding hydrogens is 520 g/mol. The summed E-state index contributed by atoms with van der Waals surface area (Å²) in [6.45, 7) is 8.04. The number of imidazole rings is 1. The van der Waals surface area contributed by atoms with Gasteiger partial charge >= 0.3 is 0 Å². The Kier molecular flexibility index (Phi) is 7.83. The maximum atomic E-state index is 11.9. The summed E-state index contributed by atoms with van der Waals surface area (Å²) in [6.07, 6.45) is 4.11. The molecule has 1 N–H and O–H groups in total. The molecule has 1 aliphatic rings. The zero-order valence-corrected chi connectivity index (χ0v) is 24.0. The summed E-state index contributed by atoms with van der Waals surface area (Å²) < 4.78 is 2.06. The normalized spacial score (nSPS) is 14.1. The van der Waals surface area contributed by atoms with E-state index in [0.29, 0.717) is 11.1 Å². The Morgan fingerprint density at radius 1 is 0.881 bits per heavy atom. The highest BCUT2D eigenvalue weighted by Gasteiger charge is 2.15. The molecule has 1 saturated heterocycles. The maximum Gasteiger partial charge on any atom is 0.159 e. The third-order valence-corrected chi connectivity index (χ3v) is 8.01. The van der Waals surface area contributed by atoms with Crippen LogP contribution in [-0.2, 0) is 0 Å². The van der Waals surface area contributed by atoms with Gasteiger partial charge in [-0.15, -0.1) is 0 Å². The highest BCUT2D eigenvalue weighted by atomic mass is 16.1. The van der Waals surface area contributed by atoms with E-state index in [2.05, 4.69) is 75.4 Å². The number of anilines is 1. The topological polar surface area (TPSA) is 76.7 Å². The molecule has 3 aromatic carbocycles. The molecule has 5 aromatic rings. The molecule has 1 fully saturated rings. The van der Waals surface area contributed by atoms with Crippen LogP contribution in [0.15, 0.2) is 91.3 Å². The molecule has 210 valence electrons. The fraction of sp³-hybridized carbons (Fsp3) is 0.229. The van der Waals surface area contributed by atoms with Gasteiger partial charge in [-0.3, -0.25) is 9.69 Å². The van der Waals surface area contributed by atoms with E-state index in [9.17, 15) is 10.1 Å². The minimum atomic E-state index is 0.0362. The van der Waals surface area contributed by atoms with E-state index in [1.165, 1.54) is 0 Å². The zero-order valence-electron chi connectivity index (χ0n) is 24.0. The van der Waals surface area contributed by atoms with E-state index < -0.39 is 0 Å². The lowest BCUT2D eigenvalue weighted by Crippen LogP contribution is -2.45. The van der Waals surface area contributed by atoms with Crippen LogP contribution in [0.25, 0.3) is 39.2 Å². The average molecular weight is 555 g/mol. The van der Waals surface area contributed by atoms with Crippen LogP contribution in [0.3, 0.4) is 0 Å². The Morgan fingerprint density at radius 2 is 1.62 bits per heavy atom. The summed E-state index contributed by atoms with van der Waals surface area (Å²) in [5.74, 6) is 0.0362. The molecule has 0 spiro atoms. The molecule has 0 atom stereocenters. The van der Waals surface area contributed by atoms with Crippen molar-refractivity contribution in [3.05, 3.63) is 102 Å². The molecule has 0 unspecified atom stereocenters. The Bertz CT molecular complexity index is 1760. The molecule has 2 aromatic heterocycles. The molecule has 7 nitrogen and oxygen atoms in total. The Morgan fingerprint density at radius 3 is 2.33 bits per heavy atom. The first-order chi connectivity index (χ1) is 20.5. The number of ketones is 1. The fourth-order valence-electron chi connectivity index (χ4n) is 5.45. The summed E-state index contributed by atoms with van der Waals surface area (Å²) in [7, 11) is 2.18. The number of rotatable bonds is 8. The first-order valence-electron chi connectivity index (χ1n) is 14.4. The first-order valence-corrected chi connectivity index (χ1v) is 14.4. The number of nitrogens with one attached hydrogen (secondary N) is 1. The number of nitriles is 1. The highest BCUT2D eigenvalue weighted by molar-refractivity contribution is 5.95. The lowest BCUT2D eigenvalue weighted by atomic mass is 9.99. The lowest BCUT2D eigenvalue weighted by Gasteiger charge is -2.32. The second-order valence-electron chi connectivity index (χ2n) is 11.0. The predicted octanol–water partition coefficient (Wildman–Crippen LogP) is 6.07. The van der Waals surface area contributed by atoms with Crippen LogP contribution in [0, 0.1) is 11.3 Å². The molecule has 3 heterocycles. The first kappa shape index (κ1) is 27.4. The van der Waals surface area contributed by atoms with Gasteiger partial charge in [-0.2, -0.15) is 5.26 Å². The summed E-state index contributed by atoms with van der Waals surface area (Å²) >= 11 is 0. The minimum Gasteiger partial charge on any atom is -0.384 e. The number of pyridine rings is 1. The number of hydrogen-bond acceptors (Lipinski definition) is 6. The number of benzene rings is 3. The van der Waals surface area contributed by atoms with Crippen molar-refractivity contribution in [2.24, 2.45) is 0 Å². The highest BCUT2D eigenvalue weighted by Crippen LogP contribution is 2.33. The van der Waals surface area contributed by atoms with Crippen molar-refractivity contribution in [3.8, 4) is 39.6 Å². The maximum absolute atomic E-state index is 11.9. The van der Waals surface area contributed by atoms with Gasteiger partial charge in [0, 0.05) is 74.0 Å². The molecule has 1 aliphatic heterocycles. The van der Waals surface area contributed by atoms with Crippen LogP contribution in [0.2, 0.25) is 0 Å². The van der Waals surface area contributed by atoms with Crippen LogP contribution < -0.4 is 5.32 Å². The Hall–Kier alpha value is -4.77. The number of piperazine rings is 1. The SMILES string of the molecule is CC(=O)c1ccc(-c2cc(-c3cccc(C#N)c3)cn3cc(-c4ccc(NCCN5CCN(C)CC5)cc4)nc23)cc1. The van der Waals surface area contributed by atoms with E-state index in [0.717, 1.165) is 84.1 Å². The molecule has 0 aliphatic carbocycles. The van der Waals surface area contributed by atoms with Crippen LogP contribution >= 0.6 is 0 Å². The number of Topliss-reactive ketones (excluding diaryl/α,β-unsaturated/α-hetero) is 1. The monoisotopic (exact) mass is 554 g/mol. The second kappa shape index (κ2) is 12.0. The van der Waals surface area contributed by atoms with Crippen molar-refractivity contribution < 1.29 is 4.79 Å². The second-order valence-corrected chi connectivity index (χ2v) is 11.0. The zero-order chi connectivity index (χ0) is 29.1. The largest absolute Gasteiger partial charge is 0.384 e. The number of carbonyl (C=O) groups is 1. The molecular formula is C35H34N6O. The van der Waals surface area contributed by atoms with Gasteiger partial charge in [0.1, 0.15) is 5.65 Å². The minimum absolute atomic E-state index is 0.0362. The predicted molar refractivity (Wildman–Crippen MR) is 169 cm³/mol. The molecule has 0 radical (unpaired) electrons. The van der Waals surface area contributed by atoms with Crippen molar-refractivity contribution in [2.45, 2.75) is 6.92 Å². The van der Waals surface area contributed by atoms with Crippen LogP contribution in [-0.4, -0.2) is 71.3 Å². The van der Waals surface area contributed by atoms with Gasteiger partial charge in [0.15, 0.2) is 5.78 Å². The number of aromatic nitrogens is 2. The van der Waals surface area contributed by atoms with E-state index in [1.807, 2.05) is 48.5 Å². The van der Waals surface area contributed by atoms with Gasteiger partial charge < -0.3 is 14.6 Å². The Labute approximate surface area is 246 Å². The third kappa shape index (κ3) is 5.96. The van der Waals surface area contributed by atoms with Gasteiger partial charge in [0.05, 0.1) is 17.3 Å². The Balaban J connectivity index is 1.29. The van der Waals surface area contributed by atoms with Crippen molar-refractivity contribution in [1.29, 1.82) is 5.26 Å². The molecule has 0 amide bonds. The number of hydrogen-bond donors (Lipinski definition) is 1. The number of nitrogens with zero attached hydrogens (tertiary/aromatic N) is 5. The van der Waals surface area contributed by atoms with E-state index in [-0.39, 0.29) is 5.78 Å². The quantitative estimate of drug-likeness (QED) is 0.235. The van der Waals surface area contributed by atoms with Gasteiger partial charge in [0.25, 0.3) is 0 Å². The van der Waals surface area contributed by atoms with E-state index in [4.69, 9.17) is 4.98 Å². The van der Waals surface area contributed by atoms with Crippen molar-refractivity contribution in [2.75, 3.05) is 51.6 Å². The molecule has 7 heteroatoms. The molecule has 0 bridgehead atoms. The summed E-state index contributed by atoms with van der Waals surface area (Å²) in [6, 6.07) is 28.1. The molecule has 6 rings (SSSR count). The van der Waals surface area contributed by atoms with Gasteiger partial charge in [0.2, 0.25) is 0 Å². The smallest absolute Gasteiger partial charge is 0.159 e. The van der Waals surface area contributed by atoms with Crippen LogP contribution in [0.1, 0.15) is 22.8 Å². The fourth-order valence-corrected chi connectivity index (χ4v) is 5.45. The molecule has 42 heavy (non-hydrogen) atoms. The number of carbonyl (C=O) groups excluding carboxylic acids is 1. The average Bonchev–Trinajstić information content (AvgIpc) is 3.46. The third-order valence-electron chi connectivity index (χ3n) is 8.01. The number of fused-ring (bicyclic) bond motifs is 1. The van der Waals surface area contributed by atoms with E-state index in [1.54, 1.807) is 6.92 Å². The molecule has 0 saturated carbocycles. The van der Waals surface area contributed by atoms with E-state index >= 15 is 0 Å².